The molecule has 0 aromatic carbocycles. The Kier molecular flexibility index (Phi) is 3.15. The Labute approximate surface area is 106 Å². The molecule has 1 atom stereocenters. The van der Waals surface area contributed by atoms with E-state index in [9.17, 15) is 0 Å². The van der Waals surface area contributed by atoms with E-state index in [0.717, 1.165) is 43.3 Å². The lowest BCUT2D eigenvalue weighted by Crippen LogP contribution is -2.19. The Balaban J connectivity index is 1.79. The highest BCUT2D eigenvalue weighted by Crippen LogP contribution is 2.18. The molecular weight excluding hydrogens is 230 g/mol. The van der Waals surface area contributed by atoms with E-state index in [-0.39, 0.29) is 0 Å². The molecule has 5 heteroatoms. The highest BCUT2D eigenvalue weighted by atomic mass is 16.5. The summed E-state index contributed by atoms with van der Waals surface area (Å²) in [6, 6.07) is 3.82. The minimum atomic E-state index is 0.554. The second-order valence-electron chi connectivity index (χ2n) is 4.69. The number of aromatic nitrogens is 3. The fourth-order valence-corrected chi connectivity index (χ4v) is 2.34. The van der Waals surface area contributed by atoms with Crippen LogP contribution in [0.15, 0.2) is 18.3 Å². The van der Waals surface area contributed by atoms with Crippen LogP contribution in [0, 0.1) is 5.92 Å². The Hall–Kier alpha value is -1.62. The summed E-state index contributed by atoms with van der Waals surface area (Å²) in [7, 11) is 1.65. The maximum Gasteiger partial charge on any atom is 0.155 e. The van der Waals surface area contributed by atoms with E-state index in [4.69, 9.17) is 9.47 Å². The first-order valence-corrected chi connectivity index (χ1v) is 6.32. The van der Waals surface area contributed by atoms with Gasteiger partial charge in [0.05, 0.1) is 13.3 Å². The number of nitrogens with zero attached hydrogens (tertiary/aromatic N) is 3. The number of ether oxygens (including phenoxy) is 2. The molecule has 0 N–H and O–H groups in total. The van der Waals surface area contributed by atoms with Crippen LogP contribution in [0.5, 0.6) is 5.75 Å². The number of fused-ring (bicyclic) bond motifs is 1. The molecule has 0 aliphatic carbocycles. The van der Waals surface area contributed by atoms with Crippen LogP contribution in [0.1, 0.15) is 18.7 Å². The van der Waals surface area contributed by atoms with E-state index < -0.39 is 0 Å². The quantitative estimate of drug-likeness (QED) is 0.828. The van der Waals surface area contributed by atoms with Gasteiger partial charge in [-0.1, -0.05) is 0 Å². The molecule has 0 radical (unpaired) electrons. The molecule has 18 heavy (non-hydrogen) atoms. The summed E-state index contributed by atoms with van der Waals surface area (Å²) in [6.45, 7) is 1.73. The SMILES string of the molecule is COc1ccc2nc(CC3CCCOC3)nn2c1. The third-order valence-corrected chi connectivity index (χ3v) is 3.31. The second kappa shape index (κ2) is 4.94. The van der Waals surface area contributed by atoms with Crippen LogP contribution in [0.3, 0.4) is 0 Å². The van der Waals surface area contributed by atoms with Gasteiger partial charge < -0.3 is 9.47 Å². The van der Waals surface area contributed by atoms with E-state index in [1.165, 1.54) is 6.42 Å². The molecule has 3 rings (SSSR count). The smallest absolute Gasteiger partial charge is 0.155 e. The van der Waals surface area contributed by atoms with Crippen LogP contribution in [-0.2, 0) is 11.2 Å². The Morgan fingerprint density at radius 2 is 2.44 bits per heavy atom. The van der Waals surface area contributed by atoms with Gasteiger partial charge in [0.15, 0.2) is 11.5 Å². The number of hydrogen-bond donors (Lipinski definition) is 0. The van der Waals surface area contributed by atoms with Crippen molar-refractivity contribution in [1.82, 2.24) is 14.6 Å². The first-order chi connectivity index (χ1) is 8.85. The molecule has 0 amide bonds. The van der Waals surface area contributed by atoms with Gasteiger partial charge in [-0.25, -0.2) is 9.50 Å². The summed E-state index contributed by atoms with van der Waals surface area (Å²) in [5.41, 5.74) is 0.863. The van der Waals surface area contributed by atoms with Gasteiger partial charge in [0.1, 0.15) is 5.75 Å². The third-order valence-electron chi connectivity index (χ3n) is 3.31. The van der Waals surface area contributed by atoms with Gasteiger partial charge in [0.2, 0.25) is 0 Å². The van der Waals surface area contributed by atoms with E-state index in [1.807, 2.05) is 18.3 Å². The van der Waals surface area contributed by atoms with E-state index in [1.54, 1.807) is 11.6 Å². The van der Waals surface area contributed by atoms with Crippen molar-refractivity contribution in [3.63, 3.8) is 0 Å². The zero-order chi connectivity index (χ0) is 12.4. The molecule has 1 fully saturated rings. The maximum atomic E-state index is 5.48. The average molecular weight is 247 g/mol. The van der Waals surface area contributed by atoms with Crippen molar-refractivity contribution in [1.29, 1.82) is 0 Å². The van der Waals surface area contributed by atoms with Gasteiger partial charge in [0.25, 0.3) is 0 Å². The average Bonchev–Trinajstić information content (AvgIpc) is 2.80. The molecule has 5 nitrogen and oxygen atoms in total. The minimum Gasteiger partial charge on any atom is -0.495 e. The summed E-state index contributed by atoms with van der Waals surface area (Å²) in [5.74, 6) is 2.23. The molecule has 2 aromatic heterocycles. The van der Waals surface area contributed by atoms with Crippen LogP contribution >= 0.6 is 0 Å². The van der Waals surface area contributed by atoms with Crippen LogP contribution in [0.2, 0.25) is 0 Å². The zero-order valence-corrected chi connectivity index (χ0v) is 10.5. The monoisotopic (exact) mass is 247 g/mol. The first-order valence-electron chi connectivity index (χ1n) is 6.32. The Bertz CT molecular complexity index is 532. The second-order valence-corrected chi connectivity index (χ2v) is 4.69. The predicted molar refractivity (Wildman–Crippen MR) is 66.8 cm³/mol. The zero-order valence-electron chi connectivity index (χ0n) is 10.5. The third kappa shape index (κ3) is 2.31. The van der Waals surface area contributed by atoms with Crippen LogP contribution in [0.4, 0.5) is 0 Å². The van der Waals surface area contributed by atoms with Gasteiger partial charge in [0, 0.05) is 19.6 Å². The summed E-state index contributed by atoms with van der Waals surface area (Å²) < 4.78 is 12.4. The summed E-state index contributed by atoms with van der Waals surface area (Å²) >= 11 is 0. The lowest BCUT2D eigenvalue weighted by atomic mass is 9.98. The van der Waals surface area contributed by atoms with Gasteiger partial charge in [-0.3, -0.25) is 0 Å². The Morgan fingerprint density at radius 3 is 3.22 bits per heavy atom. The molecule has 0 saturated carbocycles. The fraction of sp³-hybridized carbons (Fsp3) is 0.538. The van der Waals surface area contributed by atoms with E-state index in [2.05, 4.69) is 10.1 Å². The number of hydrogen-bond acceptors (Lipinski definition) is 4. The maximum absolute atomic E-state index is 5.48. The van der Waals surface area contributed by atoms with Crippen molar-refractivity contribution in [2.75, 3.05) is 20.3 Å². The normalized spacial score (nSPS) is 20.2. The van der Waals surface area contributed by atoms with E-state index >= 15 is 0 Å². The Morgan fingerprint density at radius 1 is 1.50 bits per heavy atom. The van der Waals surface area contributed by atoms with Gasteiger partial charge in [-0.2, -0.15) is 5.10 Å². The molecule has 1 aliphatic rings. The van der Waals surface area contributed by atoms with Crippen molar-refractivity contribution >= 4 is 5.65 Å². The van der Waals surface area contributed by atoms with Crippen molar-refractivity contribution in [3.8, 4) is 5.75 Å². The molecule has 2 aromatic rings. The van der Waals surface area contributed by atoms with Gasteiger partial charge >= 0.3 is 0 Å². The van der Waals surface area contributed by atoms with Crippen molar-refractivity contribution in [3.05, 3.63) is 24.2 Å². The molecule has 0 spiro atoms. The number of rotatable bonds is 3. The largest absolute Gasteiger partial charge is 0.495 e. The highest BCUT2D eigenvalue weighted by Gasteiger charge is 2.17. The summed E-state index contributed by atoms with van der Waals surface area (Å²) in [5, 5.41) is 4.49. The van der Waals surface area contributed by atoms with Crippen LogP contribution < -0.4 is 4.74 Å². The summed E-state index contributed by atoms with van der Waals surface area (Å²) in [6.07, 6.45) is 5.10. The molecule has 1 unspecified atom stereocenters. The topological polar surface area (TPSA) is 48.7 Å². The molecule has 96 valence electrons. The highest BCUT2D eigenvalue weighted by molar-refractivity contribution is 5.40. The van der Waals surface area contributed by atoms with Gasteiger partial charge in [-0.05, 0) is 30.9 Å². The minimum absolute atomic E-state index is 0.554. The van der Waals surface area contributed by atoms with E-state index in [0.29, 0.717) is 5.92 Å². The summed E-state index contributed by atoms with van der Waals surface area (Å²) in [4.78, 5) is 4.52. The lowest BCUT2D eigenvalue weighted by molar-refractivity contribution is 0.0543. The van der Waals surface area contributed by atoms with Crippen molar-refractivity contribution in [2.24, 2.45) is 5.92 Å². The fourth-order valence-electron chi connectivity index (χ4n) is 2.34. The molecule has 0 bridgehead atoms. The van der Waals surface area contributed by atoms with Gasteiger partial charge in [-0.15, -0.1) is 0 Å². The van der Waals surface area contributed by atoms with Crippen LogP contribution in [0.25, 0.3) is 5.65 Å². The molecule has 1 saturated heterocycles. The standard InChI is InChI=1S/C13H17N3O2/c1-17-11-4-5-13-14-12(15-16(13)8-11)7-10-3-2-6-18-9-10/h4-5,8,10H,2-3,6-7,9H2,1H3. The van der Waals surface area contributed by atoms with Crippen LogP contribution in [-0.4, -0.2) is 34.9 Å². The predicted octanol–water partition coefficient (Wildman–Crippen LogP) is 1.71. The molecular formula is C13H17N3O2. The number of pyridine rings is 1. The first kappa shape index (κ1) is 11.5. The lowest BCUT2D eigenvalue weighted by Gasteiger charge is -2.20. The van der Waals surface area contributed by atoms with Crippen molar-refractivity contribution < 1.29 is 9.47 Å². The molecule has 3 heterocycles. The van der Waals surface area contributed by atoms with Crippen molar-refractivity contribution in [2.45, 2.75) is 19.3 Å². The number of methoxy groups -OCH3 is 1. The molecule has 1 aliphatic heterocycles.